The molecule has 1 aliphatic rings. The second kappa shape index (κ2) is 8.28. The van der Waals surface area contributed by atoms with Gasteiger partial charge in [0.2, 0.25) is 5.95 Å². The highest BCUT2D eigenvalue weighted by molar-refractivity contribution is 5.80. The van der Waals surface area contributed by atoms with Gasteiger partial charge in [-0.05, 0) is 18.6 Å². The molecule has 24 heavy (non-hydrogen) atoms. The predicted octanol–water partition coefficient (Wildman–Crippen LogP) is 0.461. The van der Waals surface area contributed by atoms with Crippen molar-refractivity contribution >= 4 is 11.9 Å². The lowest BCUT2D eigenvalue weighted by molar-refractivity contribution is 0.369. The Labute approximate surface area is 142 Å². The Bertz CT molecular complexity index is 617. The third-order valence-corrected chi connectivity index (χ3v) is 4.03. The van der Waals surface area contributed by atoms with Crippen LogP contribution in [-0.4, -0.2) is 70.4 Å². The minimum absolute atomic E-state index is 0.805. The number of anilines is 1. The van der Waals surface area contributed by atoms with Crippen LogP contribution in [0.4, 0.5) is 5.95 Å². The second-order valence-corrected chi connectivity index (χ2v) is 5.62. The van der Waals surface area contributed by atoms with Crippen molar-refractivity contribution in [3.63, 3.8) is 0 Å². The molecule has 0 aliphatic carbocycles. The molecule has 0 saturated carbocycles. The number of aryl methyl sites for hydroxylation is 1. The SMILES string of the molecule is CN=C(NCCCn1cccn1)N1CCN(c2ncccn2)CC1. The summed E-state index contributed by atoms with van der Waals surface area (Å²) in [5, 5.41) is 7.65. The molecule has 0 atom stereocenters. The Morgan fingerprint density at radius 2 is 1.92 bits per heavy atom. The van der Waals surface area contributed by atoms with Crippen LogP contribution in [0.5, 0.6) is 0 Å². The van der Waals surface area contributed by atoms with Crippen molar-refractivity contribution in [1.82, 2.24) is 30.0 Å². The Morgan fingerprint density at radius 3 is 2.58 bits per heavy atom. The number of nitrogens with zero attached hydrogens (tertiary/aromatic N) is 7. The van der Waals surface area contributed by atoms with Crippen LogP contribution in [0, 0.1) is 0 Å². The maximum Gasteiger partial charge on any atom is 0.225 e. The fourth-order valence-corrected chi connectivity index (χ4v) is 2.78. The molecule has 0 amide bonds. The molecule has 128 valence electrons. The quantitative estimate of drug-likeness (QED) is 0.488. The number of hydrogen-bond acceptors (Lipinski definition) is 5. The number of nitrogens with one attached hydrogen (secondary N) is 1. The van der Waals surface area contributed by atoms with E-state index in [0.717, 1.165) is 57.6 Å². The zero-order valence-electron chi connectivity index (χ0n) is 14.0. The summed E-state index contributed by atoms with van der Waals surface area (Å²) in [6, 6.07) is 3.79. The van der Waals surface area contributed by atoms with E-state index in [2.05, 4.69) is 35.2 Å². The summed E-state index contributed by atoms with van der Waals surface area (Å²) in [7, 11) is 1.84. The minimum Gasteiger partial charge on any atom is -0.356 e. The molecule has 1 N–H and O–H groups in total. The molecule has 2 aromatic heterocycles. The average molecular weight is 328 g/mol. The highest BCUT2D eigenvalue weighted by Gasteiger charge is 2.20. The van der Waals surface area contributed by atoms with Gasteiger partial charge in [-0.3, -0.25) is 9.67 Å². The van der Waals surface area contributed by atoms with Crippen molar-refractivity contribution in [2.75, 3.05) is 44.7 Å². The van der Waals surface area contributed by atoms with Crippen molar-refractivity contribution in [2.24, 2.45) is 4.99 Å². The van der Waals surface area contributed by atoms with Gasteiger partial charge in [-0.1, -0.05) is 0 Å². The molecular weight excluding hydrogens is 304 g/mol. The van der Waals surface area contributed by atoms with Gasteiger partial charge in [0.05, 0.1) is 0 Å². The molecule has 2 aromatic rings. The van der Waals surface area contributed by atoms with Gasteiger partial charge in [-0.25, -0.2) is 9.97 Å². The maximum atomic E-state index is 4.40. The molecule has 0 aromatic carbocycles. The topological polar surface area (TPSA) is 74.5 Å². The lowest BCUT2D eigenvalue weighted by Crippen LogP contribution is -2.53. The molecule has 8 nitrogen and oxygen atoms in total. The van der Waals surface area contributed by atoms with Crippen molar-refractivity contribution < 1.29 is 0 Å². The van der Waals surface area contributed by atoms with Gasteiger partial charge >= 0.3 is 0 Å². The first-order valence-corrected chi connectivity index (χ1v) is 8.32. The molecule has 0 radical (unpaired) electrons. The van der Waals surface area contributed by atoms with Crippen LogP contribution < -0.4 is 10.2 Å². The van der Waals surface area contributed by atoms with E-state index in [9.17, 15) is 0 Å². The summed E-state index contributed by atoms with van der Waals surface area (Å²) >= 11 is 0. The predicted molar refractivity (Wildman–Crippen MR) is 94.0 cm³/mol. The maximum absolute atomic E-state index is 4.40. The summed E-state index contributed by atoms with van der Waals surface area (Å²) in [6.07, 6.45) is 8.38. The van der Waals surface area contributed by atoms with Gasteiger partial charge in [0.15, 0.2) is 5.96 Å². The zero-order valence-corrected chi connectivity index (χ0v) is 14.0. The molecule has 1 fully saturated rings. The van der Waals surface area contributed by atoms with Gasteiger partial charge in [0.1, 0.15) is 0 Å². The van der Waals surface area contributed by atoms with Gasteiger partial charge < -0.3 is 15.1 Å². The molecule has 3 rings (SSSR count). The van der Waals surface area contributed by atoms with Crippen molar-refractivity contribution in [2.45, 2.75) is 13.0 Å². The molecular formula is C16H24N8. The van der Waals surface area contributed by atoms with Crippen LogP contribution >= 0.6 is 0 Å². The number of aromatic nitrogens is 4. The van der Waals surface area contributed by atoms with Gasteiger partial charge in [0, 0.05) is 71.1 Å². The van der Waals surface area contributed by atoms with Crippen LogP contribution in [0.2, 0.25) is 0 Å². The Morgan fingerprint density at radius 1 is 1.12 bits per heavy atom. The van der Waals surface area contributed by atoms with E-state index in [0.29, 0.717) is 0 Å². The highest BCUT2D eigenvalue weighted by atomic mass is 15.4. The van der Waals surface area contributed by atoms with Gasteiger partial charge in [0.25, 0.3) is 0 Å². The van der Waals surface area contributed by atoms with E-state index in [4.69, 9.17) is 0 Å². The molecule has 0 spiro atoms. The molecule has 8 heteroatoms. The summed E-state index contributed by atoms with van der Waals surface area (Å²) < 4.78 is 1.95. The first kappa shape index (κ1) is 16.2. The van der Waals surface area contributed by atoms with Gasteiger partial charge in [-0.15, -0.1) is 0 Å². The summed E-state index contributed by atoms with van der Waals surface area (Å²) in [6.45, 7) is 5.43. The molecule has 0 unspecified atom stereocenters. The lowest BCUT2D eigenvalue weighted by atomic mass is 10.3. The Kier molecular flexibility index (Phi) is 5.60. The first-order chi connectivity index (χ1) is 11.9. The van der Waals surface area contributed by atoms with Crippen LogP contribution in [0.1, 0.15) is 6.42 Å². The largest absolute Gasteiger partial charge is 0.356 e. The van der Waals surface area contributed by atoms with E-state index >= 15 is 0 Å². The normalized spacial score (nSPS) is 15.6. The highest BCUT2D eigenvalue weighted by Crippen LogP contribution is 2.09. The average Bonchev–Trinajstić information content (AvgIpc) is 3.16. The first-order valence-electron chi connectivity index (χ1n) is 8.32. The summed E-state index contributed by atoms with van der Waals surface area (Å²) in [5.41, 5.74) is 0. The Hall–Kier alpha value is -2.64. The van der Waals surface area contributed by atoms with E-state index in [1.165, 1.54) is 0 Å². The summed E-state index contributed by atoms with van der Waals surface area (Å²) in [5.74, 6) is 1.77. The van der Waals surface area contributed by atoms with E-state index in [-0.39, 0.29) is 0 Å². The number of aliphatic imine (C=N–C) groups is 1. The smallest absolute Gasteiger partial charge is 0.225 e. The lowest BCUT2D eigenvalue weighted by Gasteiger charge is -2.36. The third-order valence-electron chi connectivity index (χ3n) is 4.03. The molecule has 3 heterocycles. The fraction of sp³-hybridized carbons (Fsp3) is 0.500. The van der Waals surface area contributed by atoms with Crippen LogP contribution in [0.15, 0.2) is 41.9 Å². The van der Waals surface area contributed by atoms with Crippen LogP contribution in [-0.2, 0) is 6.54 Å². The number of guanidine groups is 1. The third kappa shape index (κ3) is 4.21. The van der Waals surface area contributed by atoms with Gasteiger partial charge in [-0.2, -0.15) is 5.10 Å². The van der Waals surface area contributed by atoms with Crippen molar-refractivity contribution in [3.8, 4) is 0 Å². The number of hydrogen-bond donors (Lipinski definition) is 1. The molecule has 1 aliphatic heterocycles. The second-order valence-electron chi connectivity index (χ2n) is 5.62. The van der Waals surface area contributed by atoms with E-state index < -0.39 is 0 Å². The van der Waals surface area contributed by atoms with Crippen LogP contribution in [0.25, 0.3) is 0 Å². The van der Waals surface area contributed by atoms with Crippen molar-refractivity contribution in [1.29, 1.82) is 0 Å². The van der Waals surface area contributed by atoms with Crippen LogP contribution in [0.3, 0.4) is 0 Å². The fourth-order valence-electron chi connectivity index (χ4n) is 2.78. The standard InChI is InChI=1S/C16H24N8/c1-17-15(18-7-3-9-24-10-4-8-21-24)22-11-13-23(14-12-22)16-19-5-2-6-20-16/h2,4-6,8,10H,3,7,9,11-14H2,1H3,(H,17,18). The van der Waals surface area contributed by atoms with Crippen molar-refractivity contribution in [3.05, 3.63) is 36.9 Å². The minimum atomic E-state index is 0.805. The molecule has 1 saturated heterocycles. The zero-order chi connectivity index (χ0) is 16.6. The van der Waals surface area contributed by atoms with E-state index in [1.807, 2.05) is 36.3 Å². The number of rotatable bonds is 5. The Balaban J connectivity index is 1.42. The molecule has 0 bridgehead atoms. The van der Waals surface area contributed by atoms with E-state index in [1.54, 1.807) is 12.4 Å². The summed E-state index contributed by atoms with van der Waals surface area (Å²) in [4.78, 5) is 17.5. The number of piperazine rings is 1. The monoisotopic (exact) mass is 328 g/mol.